The summed E-state index contributed by atoms with van der Waals surface area (Å²) in [5, 5.41) is 3.07. The number of rotatable bonds is 6. The molecule has 0 aliphatic heterocycles. The van der Waals surface area contributed by atoms with Gasteiger partial charge in [0.2, 0.25) is 0 Å². The van der Waals surface area contributed by atoms with Gasteiger partial charge in [-0.15, -0.1) is 6.42 Å². The average Bonchev–Trinajstić information content (AvgIpc) is 2.13. The van der Waals surface area contributed by atoms with Crippen LogP contribution in [-0.2, 0) is 9.53 Å². The molecular weight excluding hydrogens is 166 g/mol. The molecule has 0 amide bonds. The lowest BCUT2D eigenvalue weighted by Crippen LogP contribution is -2.29. The van der Waals surface area contributed by atoms with E-state index in [1.807, 2.05) is 6.92 Å². The van der Waals surface area contributed by atoms with Crippen LogP contribution in [0.1, 0.15) is 26.7 Å². The molecule has 0 fully saturated rings. The molecule has 1 unspecified atom stereocenters. The van der Waals surface area contributed by atoms with E-state index in [1.165, 1.54) is 0 Å². The van der Waals surface area contributed by atoms with Gasteiger partial charge < -0.3 is 10.1 Å². The zero-order chi connectivity index (χ0) is 10.1. The van der Waals surface area contributed by atoms with Gasteiger partial charge in [0.25, 0.3) is 0 Å². The Morgan fingerprint density at radius 3 is 2.77 bits per heavy atom. The summed E-state index contributed by atoms with van der Waals surface area (Å²) in [5.41, 5.74) is 0. The molecule has 0 aromatic carbocycles. The number of nitrogens with one attached hydrogen (secondary N) is 1. The molecule has 0 bridgehead atoms. The van der Waals surface area contributed by atoms with Gasteiger partial charge in [-0.25, -0.2) is 0 Å². The van der Waals surface area contributed by atoms with Crippen molar-refractivity contribution >= 4 is 5.97 Å². The van der Waals surface area contributed by atoms with Crippen LogP contribution in [0.15, 0.2) is 0 Å². The van der Waals surface area contributed by atoms with Crippen molar-refractivity contribution in [3.05, 3.63) is 0 Å². The van der Waals surface area contributed by atoms with Crippen LogP contribution >= 0.6 is 0 Å². The second-order valence-corrected chi connectivity index (χ2v) is 2.64. The zero-order valence-corrected chi connectivity index (χ0v) is 8.30. The molecule has 3 heteroatoms. The van der Waals surface area contributed by atoms with Crippen molar-refractivity contribution in [3.8, 4) is 12.3 Å². The van der Waals surface area contributed by atoms with E-state index in [0.717, 1.165) is 6.42 Å². The van der Waals surface area contributed by atoms with Crippen LogP contribution in [0.5, 0.6) is 0 Å². The second kappa shape index (κ2) is 7.63. The van der Waals surface area contributed by atoms with Crippen molar-refractivity contribution in [2.75, 3.05) is 13.2 Å². The van der Waals surface area contributed by atoms with Gasteiger partial charge in [-0.2, -0.15) is 0 Å². The molecule has 0 rings (SSSR count). The predicted molar refractivity (Wildman–Crippen MR) is 52.2 cm³/mol. The van der Waals surface area contributed by atoms with Crippen molar-refractivity contribution in [2.45, 2.75) is 32.7 Å². The quantitative estimate of drug-likeness (QED) is 0.492. The first kappa shape index (κ1) is 12.0. The smallest absolute Gasteiger partial charge is 0.307 e. The van der Waals surface area contributed by atoms with Crippen LogP contribution in [0.3, 0.4) is 0 Å². The summed E-state index contributed by atoms with van der Waals surface area (Å²) in [6.45, 7) is 4.82. The Morgan fingerprint density at radius 2 is 2.31 bits per heavy atom. The highest BCUT2D eigenvalue weighted by atomic mass is 16.5. The number of ether oxygens (including phenoxy) is 1. The standard InChI is InChI=1S/C10H17NO2/c1-4-9(5-2)11-8-7-10(12)13-6-3/h1,9,11H,5-8H2,2-3H3. The fourth-order valence-corrected chi connectivity index (χ4v) is 0.903. The molecular formula is C10H17NO2. The molecule has 13 heavy (non-hydrogen) atoms. The Morgan fingerprint density at radius 1 is 1.62 bits per heavy atom. The summed E-state index contributed by atoms with van der Waals surface area (Å²) in [6.07, 6.45) is 6.49. The fourth-order valence-electron chi connectivity index (χ4n) is 0.903. The lowest BCUT2D eigenvalue weighted by atomic mass is 10.2. The first-order valence-electron chi connectivity index (χ1n) is 4.59. The third-order valence-electron chi connectivity index (χ3n) is 1.63. The number of hydrogen-bond donors (Lipinski definition) is 1. The summed E-state index contributed by atoms with van der Waals surface area (Å²) in [6, 6.07) is 0.0643. The molecule has 74 valence electrons. The van der Waals surface area contributed by atoms with Crippen LogP contribution in [0.2, 0.25) is 0 Å². The monoisotopic (exact) mass is 183 g/mol. The lowest BCUT2D eigenvalue weighted by molar-refractivity contribution is -0.142. The molecule has 0 spiro atoms. The van der Waals surface area contributed by atoms with Gasteiger partial charge in [-0.1, -0.05) is 12.8 Å². The minimum Gasteiger partial charge on any atom is -0.466 e. The summed E-state index contributed by atoms with van der Waals surface area (Å²) in [7, 11) is 0. The second-order valence-electron chi connectivity index (χ2n) is 2.64. The highest BCUT2D eigenvalue weighted by Crippen LogP contribution is 1.89. The first-order chi connectivity index (χ1) is 6.24. The van der Waals surface area contributed by atoms with E-state index in [4.69, 9.17) is 11.2 Å². The van der Waals surface area contributed by atoms with E-state index >= 15 is 0 Å². The van der Waals surface area contributed by atoms with E-state index in [9.17, 15) is 4.79 Å². The van der Waals surface area contributed by atoms with Crippen LogP contribution in [-0.4, -0.2) is 25.2 Å². The highest BCUT2D eigenvalue weighted by molar-refractivity contribution is 5.69. The number of esters is 1. The van der Waals surface area contributed by atoms with Gasteiger partial charge >= 0.3 is 5.97 Å². The summed E-state index contributed by atoms with van der Waals surface area (Å²) >= 11 is 0. The Labute approximate surface area is 79.8 Å². The molecule has 0 saturated heterocycles. The molecule has 0 aliphatic rings. The van der Waals surface area contributed by atoms with Gasteiger partial charge in [0.1, 0.15) is 0 Å². The van der Waals surface area contributed by atoms with Gasteiger partial charge in [0.15, 0.2) is 0 Å². The number of terminal acetylenes is 1. The van der Waals surface area contributed by atoms with E-state index < -0.39 is 0 Å². The Balaban J connectivity index is 3.44. The SMILES string of the molecule is C#CC(CC)NCCC(=O)OCC. The molecule has 0 aliphatic carbocycles. The first-order valence-corrected chi connectivity index (χ1v) is 4.59. The summed E-state index contributed by atoms with van der Waals surface area (Å²) in [5.74, 6) is 2.42. The topological polar surface area (TPSA) is 38.3 Å². The molecule has 0 saturated carbocycles. The largest absolute Gasteiger partial charge is 0.466 e. The minimum absolute atomic E-state index is 0.0643. The fraction of sp³-hybridized carbons (Fsp3) is 0.700. The van der Waals surface area contributed by atoms with E-state index in [1.54, 1.807) is 6.92 Å². The van der Waals surface area contributed by atoms with Crippen molar-refractivity contribution in [3.63, 3.8) is 0 Å². The van der Waals surface area contributed by atoms with Gasteiger partial charge in [0.05, 0.1) is 19.1 Å². The maximum absolute atomic E-state index is 10.9. The summed E-state index contributed by atoms with van der Waals surface area (Å²) < 4.78 is 4.76. The zero-order valence-electron chi connectivity index (χ0n) is 8.30. The van der Waals surface area contributed by atoms with Crippen LogP contribution in [0, 0.1) is 12.3 Å². The van der Waals surface area contributed by atoms with E-state index in [2.05, 4.69) is 11.2 Å². The molecule has 3 nitrogen and oxygen atoms in total. The maximum Gasteiger partial charge on any atom is 0.307 e. The van der Waals surface area contributed by atoms with Crippen LogP contribution < -0.4 is 5.32 Å². The van der Waals surface area contributed by atoms with Crippen molar-refractivity contribution in [1.82, 2.24) is 5.32 Å². The molecule has 1 N–H and O–H groups in total. The molecule has 1 atom stereocenters. The van der Waals surface area contributed by atoms with Crippen LogP contribution in [0.25, 0.3) is 0 Å². The van der Waals surface area contributed by atoms with Crippen molar-refractivity contribution in [2.24, 2.45) is 0 Å². The Kier molecular flexibility index (Phi) is 7.04. The normalized spacial score (nSPS) is 11.8. The van der Waals surface area contributed by atoms with E-state index in [0.29, 0.717) is 19.6 Å². The molecule has 0 aromatic rings. The van der Waals surface area contributed by atoms with Crippen molar-refractivity contribution < 1.29 is 9.53 Å². The van der Waals surface area contributed by atoms with Gasteiger partial charge in [0, 0.05) is 6.54 Å². The number of carbonyl (C=O) groups is 1. The maximum atomic E-state index is 10.9. The van der Waals surface area contributed by atoms with Crippen molar-refractivity contribution in [1.29, 1.82) is 0 Å². The predicted octanol–water partition coefficient (Wildman–Crippen LogP) is 0.941. The van der Waals surface area contributed by atoms with Crippen LogP contribution in [0.4, 0.5) is 0 Å². The summed E-state index contributed by atoms with van der Waals surface area (Å²) in [4.78, 5) is 10.9. The molecule has 0 aromatic heterocycles. The number of hydrogen-bond acceptors (Lipinski definition) is 3. The highest BCUT2D eigenvalue weighted by Gasteiger charge is 2.03. The third-order valence-corrected chi connectivity index (χ3v) is 1.63. The van der Waals surface area contributed by atoms with Gasteiger partial charge in [-0.3, -0.25) is 4.79 Å². The van der Waals surface area contributed by atoms with E-state index in [-0.39, 0.29) is 12.0 Å². The minimum atomic E-state index is -0.179. The molecule has 0 heterocycles. The van der Waals surface area contributed by atoms with Gasteiger partial charge in [-0.05, 0) is 13.3 Å². The third kappa shape index (κ3) is 6.18. The molecule has 0 radical (unpaired) electrons. The Bertz CT molecular complexity index is 184. The number of carbonyl (C=O) groups excluding carboxylic acids is 1. The lowest BCUT2D eigenvalue weighted by Gasteiger charge is -2.09. The Hall–Kier alpha value is -1.01. The average molecular weight is 183 g/mol.